The fourth-order valence-corrected chi connectivity index (χ4v) is 5.17. The molecule has 7 heteroatoms. The van der Waals surface area contributed by atoms with E-state index in [2.05, 4.69) is 13.8 Å². The predicted octanol–water partition coefficient (Wildman–Crippen LogP) is 4.15. The molecule has 0 aromatic carbocycles. The summed E-state index contributed by atoms with van der Waals surface area (Å²) in [6.07, 6.45) is 2.93. The molecule has 0 spiro atoms. The van der Waals surface area contributed by atoms with Crippen LogP contribution in [-0.4, -0.2) is 28.4 Å². The van der Waals surface area contributed by atoms with Crippen molar-refractivity contribution in [1.82, 2.24) is 0 Å². The van der Waals surface area contributed by atoms with Crippen LogP contribution in [0, 0.1) is 35.5 Å². The van der Waals surface area contributed by atoms with Gasteiger partial charge < -0.3 is 9.47 Å². The molecule has 1 heterocycles. The summed E-state index contributed by atoms with van der Waals surface area (Å²) in [6.45, 7) is 4.95. The van der Waals surface area contributed by atoms with Gasteiger partial charge in [-0.1, -0.05) is 48.7 Å². The minimum Gasteiger partial charge on any atom is -0.465 e. The van der Waals surface area contributed by atoms with Crippen LogP contribution >= 0.6 is 34.8 Å². The van der Waals surface area contributed by atoms with Crippen molar-refractivity contribution < 1.29 is 19.1 Å². The highest BCUT2D eigenvalue weighted by atomic mass is 35.6. The number of esters is 2. The Balaban J connectivity index is 1.83. The normalized spacial score (nSPS) is 40.3. The number of cyclic esters (lactones) is 1. The number of rotatable bonds is 3. The summed E-state index contributed by atoms with van der Waals surface area (Å²) in [7, 11) is 0. The SMILES string of the molecule is CC1C2CC(C1C)C(C(OC(=O)C(Cl)(Cl)Cl)C1CCCOC1=O)C2. The van der Waals surface area contributed by atoms with Crippen LogP contribution in [0.1, 0.15) is 39.5 Å². The highest BCUT2D eigenvalue weighted by Gasteiger charge is 2.55. The molecule has 1 saturated heterocycles. The molecule has 2 bridgehead atoms. The van der Waals surface area contributed by atoms with Gasteiger partial charge in [-0.05, 0) is 49.4 Å². The van der Waals surface area contributed by atoms with Crippen molar-refractivity contribution in [3.8, 4) is 0 Å². The van der Waals surface area contributed by atoms with E-state index in [9.17, 15) is 9.59 Å². The fourth-order valence-electron chi connectivity index (χ4n) is 5.03. The van der Waals surface area contributed by atoms with Crippen LogP contribution in [0.5, 0.6) is 0 Å². The monoisotopic (exact) mass is 396 g/mol. The van der Waals surface area contributed by atoms with Crippen LogP contribution in [0.15, 0.2) is 0 Å². The highest BCUT2D eigenvalue weighted by Crippen LogP contribution is 2.57. The molecule has 3 rings (SSSR count). The predicted molar refractivity (Wildman–Crippen MR) is 91.9 cm³/mol. The van der Waals surface area contributed by atoms with Crippen molar-refractivity contribution in [2.45, 2.75) is 49.4 Å². The summed E-state index contributed by atoms with van der Waals surface area (Å²) in [5.74, 6) is 0.731. The van der Waals surface area contributed by atoms with Crippen LogP contribution in [0.25, 0.3) is 0 Å². The van der Waals surface area contributed by atoms with Gasteiger partial charge in [-0.3, -0.25) is 4.79 Å². The van der Waals surface area contributed by atoms with Gasteiger partial charge in [0.15, 0.2) is 0 Å². The lowest BCUT2D eigenvalue weighted by atomic mass is 9.70. The Bertz CT molecular complexity index is 516. The Kier molecular flexibility index (Phi) is 5.30. The zero-order valence-electron chi connectivity index (χ0n) is 13.8. The number of fused-ring (bicyclic) bond motifs is 2. The van der Waals surface area contributed by atoms with E-state index in [1.807, 2.05) is 0 Å². The molecule has 3 fully saturated rings. The third-order valence-corrected chi connectivity index (χ3v) is 6.91. The van der Waals surface area contributed by atoms with Gasteiger partial charge in [0.05, 0.1) is 12.5 Å². The van der Waals surface area contributed by atoms with E-state index in [0.717, 1.165) is 19.3 Å². The molecule has 7 unspecified atom stereocenters. The molecule has 136 valence electrons. The highest BCUT2D eigenvalue weighted by molar-refractivity contribution is 6.75. The van der Waals surface area contributed by atoms with Crippen LogP contribution in [-0.2, 0) is 19.1 Å². The Hall–Kier alpha value is -0.190. The quantitative estimate of drug-likeness (QED) is 0.530. The first-order valence-electron chi connectivity index (χ1n) is 8.64. The molecule has 0 amide bonds. The van der Waals surface area contributed by atoms with E-state index >= 15 is 0 Å². The zero-order valence-corrected chi connectivity index (χ0v) is 16.1. The van der Waals surface area contributed by atoms with Crippen LogP contribution in [0.3, 0.4) is 0 Å². The van der Waals surface area contributed by atoms with Gasteiger partial charge in [0, 0.05) is 5.92 Å². The Morgan fingerprint density at radius 3 is 2.50 bits per heavy atom. The molecule has 0 aromatic heterocycles. The van der Waals surface area contributed by atoms with Crippen LogP contribution in [0.4, 0.5) is 0 Å². The number of hydrogen-bond acceptors (Lipinski definition) is 4. The number of halogens is 3. The standard InChI is InChI=1S/C17H23Cl3O4/c1-8-9(2)12-6-10(8)7-13(12)14(24-16(22)17(18,19)20)11-4-3-5-23-15(11)21/h8-14H,3-7H2,1-2H3. The van der Waals surface area contributed by atoms with Crippen molar-refractivity contribution in [1.29, 1.82) is 0 Å². The first-order valence-corrected chi connectivity index (χ1v) is 9.78. The number of hydrogen-bond donors (Lipinski definition) is 0. The molecular formula is C17H23Cl3O4. The van der Waals surface area contributed by atoms with Gasteiger partial charge in [-0.25, -0.2) is 4.79 Å². The van der Waals surface area contributed by atoms with Crippen molar-refractivity contribution >= 4 is 46.7 Å². The first-order chi connectivity index (χ1) is 11.2. The lowest BCUT2D eigenvalue weighted by Crippen LogP contribution is -2.46. The molecule has 2 aliphatic carbocycles. The minimum atomic E-state index is -2.13. The van der Waals surface area contributed by atoms with Gasteiger partial charge in [0.2, 0.25) is 0 Å². The van der Waals surface area contributed by atoms with Gasteiger partial charge in [0.25, 0.3) is 3.79 Å². The Morgan fingerprint density at radius 2 is 1.96 bits per heavy atom. The third kappa shape index (κ3) is 3.39. The largest absolute Gasteiger partial charge is 0.465 e. The number of alkyl halides is 3. The van der Waals surface area contributed by atoms with Gasteiger partial charge >= 0.3 is 11.9 Å². The zero-order chi connectivity index (χ0) is 17.6. The number of carbonyl (C=O) groups is 2. The molecule has 1 aliphatic heterocycles. The molecule has 24 heavy (non-hydrogen) atoms. The maximum Gasteiger partial charge on any atom is 0.358 e. The van der Waals surface area contributed by atoms with Crippen LogP contribution < -0.4 is 0 Å². The third-order valence-electron chi connectivity index (χ3n) is 6.45. The number of ether oxygens (including phenoxy) is 2. The maximum atomic E-state index is 12.3. The Labute approximate surface area is 157 Å². The summed E-state index contributed by atoms with van der Waals surface area (Å²) < 4.78 is 8.67. The van der Waals surface area contributed by atoms with Crippen molar-refractivity contribution in [2.75, 3.05) is 6.61 Å². The molecule has 0 radical (unpaired) electrons. The van der Waals surface area contributed by atoms with Gasteiger partial charge in [0.1, 0.15) is 6.10 Å². The summed E-state index contributed by atoms with van der Waals surface area (Å²) in [4.78, 5) is 24.4. The lowest BCUT2D eigenvalue weighted by Gasteiger charge is -2.40. The second-order valence-electron chi connectivity index (χ2n) is 7.56. The molecule has 2 saturated carbocycles. The second kappa shape index (κ2) is 6.85. The average Bonchev–Trinajstić information content (AvgIpc) is 3.05. The molecule has 4 nitrogen and oxygen atoms in total. The van der Waals surface area contributed by atoms with E-state index in [0.29, 0.717) is 36.7 Å². The smallest absolute Gasteiger partial charge is 0.358 e. The van der Waals surface area contributed by atoms with Gasteiger partial charge in [-0.2, -0.15) is 0 Å². The summed E-state index contributed by atoms with van der Waals surface area (Å²) in [6, 6.07) is 0. The van der Waals surface area contributed by atoms with E-state index in [1.165, 1.54) is 0 Å². The topological polar surface area (TPSA) is 52.6 Å². The molecule has 0 N–H and O–H groups in total. The van der Waals surface area contributed by atoms with E-state index in [-0.39, 0.29) is 11.9 Å². The van der Waals surface area contributed by atoms with Crippen molar-refractivity contribution in [2.24, 2.45) is 35.5 Å². The first kappa shape index (κ1) is 18.6. The van der Waals surface area contributed by atoms with E-state index in [4.69, 9.17) is 44.3 Å². The minimum absolute atomic E-state index is 0.133. The lowest BCUT2D eigenvalue weighted by molar-refractivity contribution is -0.172. The Morgan fingerprint density at radius 1 is 1.25 bits per heavy atom. The summed E-state index contributed by atoms with van der Waals surface area (Å²) >= 11 is 17.0. The maximum absolute atomic E-state index is 12.3. The number of carbonyl (C=O) groups excluding carboxylic acids is 2. The molecule has 3 aliphatic rings. The summed E-state index contributed by atoms with van der Waals surface area (Å²) in [5.41, 5.74) is 0. The second-order valence-corrected chi connectivity index (χ2v) is 9.84. The summed E-state index contributed by atoms with van der Waals surface area (Å²) in [5, 5.41) is 0. The molecule has 7 atom stereocenters. The average molecular weight is 398 g/mol. The fraction of sp³-hybridized carbons (Fsp3) is 0.882. The van der Waals surface area contributed by atoms with E-state index in [1.54, 1.807) is 0 Å². The molecular weight excluding hydrogens is 375 g/mol. The van der Waals surface area contributed by atoms with Crippen LogP contribution in [0.2, 0.25) is 0 Å². The van der Waals surface area contributed by atoms with Gasteiger partial charge in [-0.15, -0.1) is 0 Å². The molecule has 0 aromatic rings. The van der Waals surface area contributed by atoms with Crippen molar-refractivity contribution in [3.63, 3.8) is 0 Å². The van der Waals surface area contributed by atoms with E-state index < -0.39 is 21.8 Å². The van der Waals surface area contributed by atoms with Crippen molar-refractivity contribution in [3.05, 3.63) is 0 Å².